The topological polar surface area (TPSA) is 98.8 Å². The van der Waals surface area contributed by atoms with Crippen LogP contribution in [-0.4, -0.2) is 42.3 Å². The fourth-order valence-corrected chi connectivity index (χ4v) is 4.89. The molecular weight excluding hydrogens is 504 g/mol. The molecule has 8 nitrogen and oxygen atoms in total. The molecule has 3 aromatic carbocycles. The number of fused-ring (bicyclic) bond motifs is 1. The van der Waals surface area contributed by atoms with Crippen LogP contribution in [0.3, 0.4) is 0 Å². The Bertz CT molecular complexity index is 1460. The number of amides is 4. The van der Waals surface area contributed by atoms with Crippen LogP contribution < -0.4 is 20.4 Å². The first kappa shape index (κ1) is 28.5. The number of benzene rings is 3. The van der Waals surface area contributed by atoms with E-state index in [1.807, 2.05) is 44.2 Å². The van der Waals surface area contributed by atoms with Crippen LogP contribution in [0.4, 0.5) is 21.9 Å². The summed E-state index contributed by atoms with van der Waals surface area (Å²) in [7, 11) is 0. The Labute approximate surface area is 235 Å². The maximum absolute atomic E-state index is 14.2. The van der Waals surface area contributed by atoms with E-state index < -0.39 is 29.4 Å². The number of rotatable bonds is 5. The summed E-state index contributed by atoms with van der Waals surface area (Å²) in [6.45, 7) is 10.8. The Morgan fingerprint density at radius 1 is 0.900 bits per heavy atom. The summed E-state index contributed by atoms with van der Waals surface area (Å²) in [5.41, 5.74) is 3.02. The number of aryl methyl sites for hydroxylation is 2. The Hall–Kier alpha value is -4.46. The lowest BCUT2D eigenvalue weighted by Crippen LogP contribution is -2.57. The molecule has 0 spiro atoms. The van der Waals surface area contributed by atoms with Crippen molar-refractivity contribution in [2.75, 3.05) is 21.7 Å². The molecule has 0 radical (unpaired) electrons. The number of anilines is 3. The van der Waals surface area contributed by atoms with Crippen molar-refractivity contribution in [1.29, 1.82) is 0 Å². The van der Waals surface area contributed by atoms with Crippen LogP contribution in [0.1, 0.15) is 49.2 Å². The van der Waals surface area contributed by atoms with Crippen molar-refractivity contribution in [3.8, 4) is 0 Å². The van der Waals surface area contributed by atoms with Crippen LogP contribution in [0, 0.1) is 19.3 Å². The van der Waals surface area contributed by atoms with Crippen molar-refractivity contribution in [2.24, 2.45) is 5.41 Å². The molecule has 0 saturated heterocycles. The normalized spacial score (nSPS) is 16.1. The highest BCUT2D eigenvalue weighted by Crippen LogP contribution is 2.37. The third kappa shape index (κ3) is 5.91. The number of urea groups is 1. The van der Waals surface area contributed by atoms with Gasteiger partial charge in [-0.3, -0.25) is 19.3 Å². The van der Waals surface area contributed by atoms with Crippen molar-refractivity contribution in [1.82, 2.24) is 5.32 Å². The lowest BCUT2D eigenvalue weighted by Gasteiger charge is -2.31. The van der Waals surface area contributed by atoms with Crippen LogP contribution in [0.5, 0.6) is 0 Å². The molecule has 1 heterocycles. The van der Waals surface area contributed by atoms with Crippen molar-refractivity contribution in [3.63, 3.8) is 0 Å². The average molecular weight is 541 g/mol. The van der Waals surface area contributed by atoms with E-state index in [1.54, 1.807) is 70.2 Å². The maximum Gasteiger partial charge on any atom is 0.319 e. The number of hydrogen-bond acceptors (Lipinski definition) is 4. The summed E-state index contributed by atoms with van der Waals surface area (Å²) in [5, 5.41) is 5.55. The van der Waals surface area contributed by atoms with Gasteiger partial charge in [0, 0.05) is 16.7 Å². The van der Waals surface area contributed by atoms with Gasteiger partial charge in [0.2, 0.25) is 5.91 Å². The number of nitrogens with one attached hydrogen (secondary N) is 2. The van der Waals surface area contributed by atoms with Crippen LogP contribution >= 0.6 is 0 Å². The summed E-state index contributed by atoms with van der Waals surface area (Å²) in [5.74, 6) is -0.927. The molecule has 208 valence electrons. The predicted octanol–water partition coefficient (Wildman–Crippen LogP) is 5.49. The minimum Gasteiger partial charge on any atom is -0.324 e. The molecule has 40 heavy (non-hydrogen) atoms. The molecule has 0 saturated carbocycles. The summed E-state index contributed by atoms with van der Waals surface area (Å²) < 4.78 is 0. The molecule has 0 bridgehead atoms. The smallest absolute Gasteiger partial charge is 0.319 e. The fraction of sp³-hybridized carbons (Fsp3) is 0.312. The minimum absolute atomic E-state index is 0.0883. The monoisotopic (exact) mass is 540 g/mol. The number of carbonyl (C=O) groups excluding carboxylic acids is 4. The third-order valence-electron chi connectivity index (χ3n) is 6.98. The standard InChI is InChI=1S/C32H36N4O4/c1-20-12-11-14-23(18-20)33-31(40)34-25-19-35(30(39)32(4,5)6)26-16-9-10-17-27(26)36(29(25)38)22(3)28(37)24-15-8-7-13-21(24)2/h7-18,22,25H,19H2,1-6H3,(H2,33,34,40). The second-order valence-corrected chi connectivity index (χ2v) is 11.2. The molecule has 4 rings (SSSR count). The lowest BCUT2D eigenvalue weighted by molar-refractivity contribution is -0.126. The van der Waals surface area contributed by atoms with Crippen molar-refractivity contribution in [2.45, 2.75) is 53.6 Å². The maximum atomic E-state index is 14.2. The number of ketones is 1. The zero-order valence-electron chi connectivity index (χ0n) is 23.8. The molecule has 1 aliphatic heterocycles. The lowest BCUT2D eigenvalue weighted by atomic mass is 9.94. The number of hydrogen-bond donors (Lipinski definition) is 2. The van der Waals surface area contributed by atoms with Crippen LogP contribution in [0.2, 0.25) is 0 Å². The highest BCUT2D eigenvalue weighted by Gasteiger charge is 2.42. The molecule has 2 unspecified atom stereocenters. The van der Waals surface area contributed by atoms with E-state index in [1.165, 1.54) is 9.80 Å². The zero-order valence-corrected chi connectivity index (χ0v) is 23.8. The number of Topliss-reactive ketones (excluding diaryl/α,β-unsaturated/α-hetero) is 1. The molecule has 0 fully saturated rings. The second kappa shape index (κ2) is 11.3. The van der Waals surface area contributed by atoms with E-state index in [9.17, 15) is 19.2 Å². The highest BCUT2D eigenvalue weighted by atomic mass is 16.2. The highest BCUT2D eigenvalue weighted by molar-refractivity contribution is 6.14. The van der Waals surface area contributed by atoms with Crippen molar-refractivity contribution in [3.05, 3.63) is 89.5 Å². The third-order valence-corrected chi connectivity index (χ3v) is 6.98. The van der Waals surface area contributed by atoms with Gasteiger partial charge in [-0.05, 0) is 56.2 Å². The quantitative estimate of drug-likeness (QED) is 0.418. The van der Waals surface area contributed by atoms with Gasteiger partial charge in [0.1, 0.15) is 6.04 Å². The van der Waals surface area contributed by atoms with Gasteiger partial charge in [-0.2, -0.15) is 0 Å². The van der Waals surface area contributed by atoms with E-state index in [0.717, 1.165) is 11.1 Å². The fourth-order valence-electron chi connectivity index (χ4n) is 4.89. The number of nitrogens with zero attached hydrogens (tertiary/aromatic N) is 2. The van der Waals surface area contributed by atoms with Gasteiger partial charge in [-0.25, -0.2) is 4.79 Å². The minimum atomic E-state index is -1.12. The summed E-state index contributed by atoms with van der Waals surface area (Å²) in [6.07, 6.45) is 0. The zero-order chi connectivity index (χ0) is 29.2. The van der Waals surface area contributed by atoms with E-state index in [4.69, 9.17) is 0 Å². The van der Waals surface area contributed by atoms with Gasteiger partial charge < -0.3 is 15.5 Å². The van der Waals surface area contributed by atoms with E-state index in [0.29, 0.717) is 22.6 Å². The number of carbonyl (C=O) groups is 4. The van der Waals surface area contributed by atoms with Crippen molar-refractivity contribution < 1.29 is 19.2 Å². The van der Waals surface area contributed by atoms with E-state index >= 15 is 0 Å². The molecule has 1 aliphatic rings. The van der Waals surface area contributed by atoms with Crippen LogP contribution in [0.15, 0.2) is 72.8 Å². The Balaban J connectivity index is 1.77. The number of para-hydroxylation sites is 2. The van der Waals surface area contributed by atoms with E-state index in [2.05, 4.69) is 10.6 Å². The molecule has 4 amide bonds. The average Bonchev–Trinajstić information content (AvgIpc) is 3.01. The largest absolute Gasteiger partial charge is 0.324 e. The predicted molar refractivity (Wildman–Crippen MR) is 158 cm³/mol. The first-order valence-corrected chi connectivity index (χ1v) is 13.4. The Kier molecular flexibility index (Phi) is 8.09. The molecule has 0 aliphatic carbocycles. The van der Waals surface area contributed by atoms with Gasteiger partial charge in [-0.15, -0.1) is 0 Å². The Morgan fingerprint density at radius 2 is 1.55 bits per heavy atom. The van der Waals surface area contributed by atoms with Gasteiger partial charge in [0.05, 0.1) is 24.0 Å². The molecule has 8 heteroatoms. The summed E-state index contributed by atoms with van der Waals surface area (Å²) in [4.78, 5) is 57.7. The van der Waals surface area contributed by atoms with Gasteiger partial charge in [0.15, 0.2) is 5.78 Å². The SMILES string of the molecule is Cc1cccc(NC(=O)NC2CN(C(=O)C(C)(C)C)c3ccccc3N(C(C)C(=O)c3ccccc3C)C2=O)c1. The molecule has 0 aromatic heterocycles. The summed E-state index contributed by atoms with van der Waals surface area (Å²) in [6, 6.07) is 19.0. The molecule has 2 atom stereocenters. The van der Waals surface area contributed by atoms with Crippen molar-refractivity contribution >= 4 is 40.7 Å². The van der Waals surface area contributed by atoms with Gasteiger partial charge >= 0.3 is 6.03 Å². The summed E-state index contributed by atoms with van der Waals surface area (Å²) >= 11 is 0. The first-order chi connectivity index (χ1) is 18.9. The molecule has 2 N–H and O–H groups in total. The first-order valence-electron chi connectivity index (χ1n) is 13.4. The van der Waals surface area contributed by atoms with Crippen LogP contribution in [-0.2, 0) is 9.59 Å². The molecular formula is C32H36N4O4. The molecule has 3 aromatic rings. The van der Waals surface area contributed by atoms with Gasteiger partial charge in [-0.1, -0.05) is 69.3 Å². The second-order valence-electron chi connectivity index (χ2n) is 11.2. The van der Waals surface area contributed by atoms with E-state index in [-0.39, 0.29) is 18.2 Å². The van der Waals surface area contributed by atoms with Gasteiger partial charge in [0.25, 0.3) is 5.91 Å². The van der Waals surface area contributed by atoms with Crippen LogP contribution in [0.25, 0.3) is 0 Å². The Morgan fingerprint density at radius 3 is 2.20 bits per heavy atom.